The summed E-state index contributed by atoms with van der Waals surface area (Å²) in [5.74, 6) is -2.67. The summed E-state index contributed by atoms with van der Waals surface area (Å²) in [7, 11) is 0. The zero-order chi connectivity index (χ0) is 15.4. The zero-order valence-corrected chi connectivity index (χ0v) is 12.5. The van der Waals surface area contributed by atoms with Crippen molar-refractivity contribution in [2.75, 3.05) is 0 Å². The van der Waals surface area contributed by atoms with Gasteiger partial charge in [-0.1, -0.05) is 25.7 Å². The van der Waals surface area contributed by atoms with E-state index < -0.39 is 0 Å². The number of carbonyl (C=O) groups excluding carboxylic acids is 4. The lowest BCUT2D eigenvalue weighted by Crippen LogP contribution is -2.50. The third kappa shape index (κ3) is 1.72. The van der Waals surface area contributed by atoms with E-state index in [2.05, 4.69) is 0 Å². The summed E-state index contributed by atoms with van der Waals surface area (Å²) >= 11 is 0. The van der Waals surface area contributed by atoms with E-state index in [0.717, 1.165) is 35.7 Å². The topological polar surface area (TPSA) is 74.8 Å². The fraction of sp³-hybridized carbons (Fsp3) is 0.750. The van der Waals surface area contributed by atoms with E-state index in [-0.39, 0.29) is 47.3 Å². The predicted octanol–water partition coefficient (Wildman–Crippen LogP) is 1.25. The molecule has 2 aliphatic carbocycles. The van der Waals surface area contributed by atoms with E-state index in [4.69, 9.17) is 0 Å². The molecular weight excluding hydrogens is 284 g/mol. The summed E-state index contributed by atoms with van der Waals surface area (Å²) in [5.41, 5.74) is 0. The van der Waals surface area contributed by atoms with Gasteiger partial charge in [0.15, 0.2) is 0 Å². The Morgan fingerprint density at radius 3 is 0.955 bits per heavy atom. The van der Waals surface area contributed by atoms with Crippen LogP contribution in [0.2, 0.25) is 0 Å². The van der Waals surface area contributed by atoms with E-state index in [1.807, 2.05) is 0 Å². The Morgan fingerprint density at radius 2 is 0.727 bits per heavy atom. The molecule has 2 saturated carbocycles. The van der Waals surface area contributed by atoms with E-state index in [0.29, 0.717) is 25.7 Å². The molecule has 4 amide bonds. The van der Waals surface area contributed by atoms with Gasteiger partial charge in [0.1, 0.15) is 0 Å². The molecule has 118 valence electrons. The lowest BCUT2D eigenvalue weighted by atomic mass is 9.81. The van der Waals surface area contributed by atoms with Crippen LogP contribution in [0.1, 0.15) is 51.4 Å². The maximum atomic E-state index is 12.6. The minimum atomic E-state index is -0.338. The molecule has 0 spiro atoms. The maximum absolute atomic E-state index is 12.6. The lowest BCUT2D eigenvalue weighted by molar-refractivity contribution is -0.173. The highest BCUT2D eigenvalue weighted by Gasteiger charge is 2.58. The summed E-state index contributed by atoms with van der Waals surface area (Å²) in [6.45, 7) is 0. The molecule has 6 heteroatoms. The van der Waals surface area contributed by atoms with Crippen LogP contribution in [0.3, 0.4) is 0 Å². The van der Waals surface area contributed by atoms with Crippen molar-refractivity contribution in [1.82, 2.24) is 10.0 Å². The SMILES string of the molecule is O=C1C2CCCCC2C(=O)N1N1C(=O)C2CCCCC2C1=O. The molecule has 2 aliphatic heterocycles. The van der Waals surface area contributed by atoms with Gasteiger partial charge in [-0.2, -0.15) is 10.0 Å². The molecule has 0 N–H and O–H groups in total. The van der Waals surface area contributed by atoms with E-state index in [1.165, 1.54) is 0 Å². The monoisotopic (exact) mass is 304 g/mol. The van der Waals surface area contributed by atoms with Crippen LogP contribution in [0.4, 0.5) is 0 Å². The summed E-state index contributed by atoms with van der Waals surface area (Å²) in [6, 6.07) is 0. The van der Waals surface area contributed by atoms with Crippen LogP contribution in [0.5, 0.6) is 0 Å². The molecule has 4 rings (SSSR count). The highest BCUT2D eigenvalue weighted by Crippen LogP contribution is 2.43. The molecule has 4 atom stereocenters. The molecule has 0 aromatic heterocycles. The number of hydrazine groups is 1. The highest BCUT2D eigenvalue weighted by atomic mass is 16.2. The fourth-order valence-electron chi connectivity index (χ4n) is 4.68. The molecule has 6 nitrogen and oxygen atoms in total. The van der Waals surface area contributed by atoms with Gasteiger partial charge in [0.25, 0.3) is 23.6 Å². The van der Waals surface area contributed by atoms with E-state index in [1.54, 1.807) is 0 Å². The molecule has 0 aromatic carbocycles. The van der Waals surface area contributed by atoms with Crippen molar-refractivity contribution in [1.29, 1.82) is 0 Å². The van der Waals surface area contributed by atoms with Crippen LogP contribution in [0.15, 0.2) is 0 Å². The smallest absolute Gasteiger partial charge is 0.252 e. The van der Waals surface area contributed by atoms with Gasteiger partial charge >= 0.3 is 0 Å². The first kappa shape index (κ1) is 13.9. The number of imide groups is 2. The Labute approximate surface area is 128 Å². The zero-order valence-electron chi connectivity index (χ0n) is 12.5. The Balaban J connectivity index is 1.66. The first-order valence-electron chi connectivity index (χ1n) is 8.37. The predicted molar refractivity (Wildman–Crippen MR) is 74.6 cm³/mol. The maximum Gasteiger partial charge on any atom is 0.252 e. The molecule has 4 fully saturated rings. The van der Waals surface area contributed by atoms with Crippen LogP contribution in [-0.2, 0) is 19.2 Å². The number of hydrogen-bond acceptors (Lipinski definition) is 4. The number of nitrogens with zero attached hydrogens (tertiary/aromatic N) is 2. The average molecular weight is 304 g/mol. The molecule has 0 aromatic rings. The molecule has 22 heavy (non-hydrogen) atoms. The van der Waals surface area contributed by atoms with Gasteiger partial charge in [-0.25, -0.2) is 0 Å². The minimum Gasteiger partial charge on any atom is -0.272 e. The number of carbonyl (C=O) groups is 4. The Kier molecular flexibility index (Phi) is 3.09. The van der Waals surface area contributed by atoms with Crippen LogP contribution >= 0.6 is 0 Å². The first-order chi connectivity index (χ1) is 10.6. The lowest BCUT2D eigenvalue weighted by Gasteiger charge is -2.24. The molecule has 2 heterocycles. The molecule has 4 unspecified atom stereocenters. The van der Waals surface area contributed by atoms with Crippen LogP contribution < -0.4 is 0 Å². The summed E-state index contributed by atoms with van der Waals surface area (Å²) in [4.78, 5) is 50.4. The molecule has 2 saturated heterocycles. The quantitative estimate of drug-likeness (QED) is 0.683. The third-order valence-electron chi connectivity index (χ3n) is 5.84. The van der Waals surface area contributed by atoms with Gasteiger partial charge in [-0.3, -0.25) is 19.2 Å². The summed E-state index contributed by atoms with van der Waals surface area (Å²) in [6.07, 6.45) is 6.48. The van der Waals surface area contributed by atoms with Crippen molar-refractivity contribution >= 4 is 23.6 Å². The fourth-order valence-corrected chi connectivity index (χ4v) is 4.68. The van der Waals surface area contributed by atoms with Gasteiger partial charge < -0.3 is 0 Å². The molecular formula is C16H20N2O4. The van der Waals surface area contributed by atoms with Crippen molar-refractivity contribution in [3.63, 3.8) is 0 Å². The summed E-state index contributed by atoms with van der Waals surface area (Å²) < 4.78 is 0. The van der Waals surface area contributed by atoms with Gasteiger partial charge in [0, 0.05) is 0 Å². The second-order valence-corrected chi connectivity index (χ2v) is 6.97. The Bertz CT molecular complexity index is 474. The standard InChI is InChI=1S/C16H20N2O4/c19-13-9-5-1-2-6-10(9)14(20)17(13)18-15(21)11-7-3-4-8-12(11)16(18)22/h9-12H,1-8H2. The minimum absolute atomic E-state index is 0.329. The largest absolute Gasteiger partial charge is 0.272 e. The molecule has 0 bridgehead atoms. The van der Waals surface area contributed by atoms with E-state index in [9.17, 15) is 19.2 Å². The van der Waals surface area contributed by atoms with E-state index >= 15 is 0 Å². The third-order valence-corrected chi connectivity index (χ3v) is 5.84. The highest BCUT2D eigenvalue weighted by molar-refractivity contribution is 6.13. The number of fused-ring (bicyclic) bond motifs is 2. The van der Waals surface area contributed by atoms with Gasteiger partial charge in [0.05, 0.1) is 23.7 Å². The second-order valence-electron chi connectivity index (χ2n) is 6.97. The van der Waals surface area contributed by atoms with Gasteiger partial charge in [-0.15, -0.1) is 0 Å². The Hall–Kier alpha value is -1.72. The Morgan fingerprint density at radius 1 is 0.500 bits per heavy atom. The average Bonchev–Trinajstić information content (AvgIpc) is 2.94. The van der Waals surface area contributed by atoms with Crippen LogP contribution in [-0.4, -0.2) is 33.6 Å². The van der Waals surface area contributed by atoms with Gasteiger partial charge in [-0.05, 0) is 25.7 Å². The van der Waals surface area contributed by atoms with Crippen molar-refractivity contribution in [2.45, 2.75) is 51.4 Å². The number of rotatable bonds is 1. The van der Waals surface area contributed by atoms with Crippen molar-refractivity contribution in [2.24, 2.45) is 23.7 Å². The van der Waals surface area contributed by atoms with Crippen molar-refractivity contribution in [3.05, 3.63) is 0 Å². The van der Waals surface area contributed by atoms with Crippen LogP contribution in [0.25, 0.3) is 0 Å². The van der Waals surface area contributed by atoms with Crippen molar-refractivity contribution in [3.8, 4) is 0 Å². The normalized spacial score (nSPS) is 38.5. The molecule has 4 aliphatic rings. The van der Waals surface area contributed by atoms with Crippen molar-refractivity contribution < 1.29 is 19.2 Å². The van der Waals surface area contributed by atoms with Crippen LogP contribution in [0, 0.1) is 23.7 Å². The second kappa shape index (κ2) is 4.89. The first-order valence-corrected chi connectivity index (χ1v) is 8.37. The molecule has 0 radical (unpaired) electrons. The number of hydrogen-bond donors (Lipinski definition) is 0. The number of amides is 4. The van der Waals surface area contributed by atoms with Gasteiger partial charge in [0.2, 0.25) is 0 Å². The summed E-state index contributed by atoms with van der Waals surface area (Å²) in [5, 5.41) is 1.81.